The molecule has 0 aliphatic carbocycles. The number of unbranched alkanes of at least 4 members (excludes halogenated alkanes) is 2. The van der Waals surface area contributed by atoms with Gasteiger partial charge < -0.3 is 9.88 Å². The van der Waals surface area contributed by atoms with Crippen molar-refractivity contribution < 1.29 is 0 Å². The lowest BCUT2D eigenvalue weighted by Crippen LogP contribution is -2.04. The SMILES string of the molecule is CCCCCn1cc(CNC)c2cccnc21. The summed E-state index contributed by atoms with van der Waals surface area (Å²) in [7, 11) is 1.98. The van der Waals surface area contributed by atoms with E-state index < -0.39 is 0 Å². The van der Waals surface area contributed by atoms with Gasteiger partial charge >= 0.3 is 0 Å². The molecule has 0 saturated carbocycles. The van der Waals surface area contributed by atoms with E-state index in [1.165, 1.54) is 30.2 Å². The smallest absolute Gasteiger partial charge is 0.140 e. The Labute approximate surface area is 103 Å². The molecule has 3 heteroatoms. The summed E-state index contributed by atoms with van der Waals surface area (Å²) >= 11 is 0. The molecule has 3 nitrogen and oxygen atoms in total. The molecule has 92 valence electrons. The highest BCUT2D eigenvalue weighted by molar-refractivity contribution is 5.80. The molecular weight excluding hydrogens is 210 g/mol. The molecule has 0 saturated heterocycles. The minimum atomic E-state index is 0.906. The predicted octanol–water partition coefficient (Wildman–Crippen LogP) is 2.95. The second-order valence-corrected chi connectivity index (χ2v) is 4.46. The molecule has 2 aromatic heterocycles. The molecule has 17 heavy (non-hydrogen) atoms. The third-order valence-corrected chi connectivity index (χ3v) is 3.09. The maximum Gasteiger partial charge on any atom is 0.140 e. The quantitative estimate of drug-likeness (QED) is 0.775. The van der Waals surface area contributed by atoms with Crippen LogP contribution in [0.1, 0.15) is 31.7 Å². The summed E-state index contributed by atoms with van der Waals surface area (Å²) < 4.78 is 2.29. The van der Waals surface area contributed by atoms with Crippen molar-refractivity contribution >= 4 is 11.0 Å². The monoisotopic (exact) mass is 231 g/mol. The fourth-order valence-electron chi connectivity index (χ4n) is 2.23. The minimum Gasteiger partial charge on any atom is -0.332 e. The van der Waals surface area contributed by atoms with E-state index in [-0.39, 0.29) is 0 Å². The molecule has 0 aliphatic rings. The van der Waals surface area contributed by atoms with Gasteiger partial charge in [0.1, 0.15) is 5.65 Å². The van der Waals surface area contributed by atoms with Crippen LogP contribution in [0.3, 0.4) is 0 Å². The van der Waals surface area contributed by atoms with Crippen molar-refractivity contribution in [3.8, 4) is 0 Å². The molecule has 1 N–H and O–H groups in total. The second-order valence-electron chi connectivity index (χ2n) is 4.46. The Morgan fingerprint density at radius 3 is 3.00 bits per heavy atom. The van der Waals surface area contributed by atoms with E-state index in [2.05, 4.69) is 34.1 Å². The first kappa shape index (κ1) is 12.1. The summed E-state index contributed by atoms with van der Waals surface area (Å²) in [6.07, 6.45) is 7.89. The lowest BCUT2D eigenvalue weighted by atomic mass is 10.2. The number of aryl methyl sites for hydroxylation is 1. The number of hydrogen-bond acceptors (Lipinski definition) is 2. The van der Waals surface area contributed by atoms with Crippen LogP contribution in [0.2, 0.25) is 0 Å². The van der Waals surface area contributed by atoms with Crippen LogP contribution in [-0.4, -0.2) is 16.6 Å². The number of fused-ring (bicyclic) bond motifs is 1. The van der Waals surface area contributed by atoms with Crippen LogP contribution in [0.4, 0.5) is 0 Å². The van der Waals surface area contributed by atoms with Gasteiger partial charge in [-0.2, -0.15) is 0 Å². The Morgan fingerprint density at radius 1 is 1.35 bits per heavy atom. The van der Waals surface area contributed by atoms with Gasteiger partial charge in [-0.15, -0.1) is 0 Å². The zero-order valence-electron chi connectivity index (χ0n) is 10.7. The maximum atomic E-state index is 4.50. The molecule has 0 fully saturated rings. The van der Waals surface area contributed by atoms with Gasteiger partial charge in [0.05, 0.1) is 0 Å². The largest absolute Gasteiger partial charge is 0.332 e. The number of pyridine rings is 1. The lowest BCUT2D eigenvalue weighted by molar-refractivity contribution is 0.611. The minimum absolute atomic E-state index is 0.906. The Morgan fingerprint density at radius 2 is 2.24 bits per heavy atom. The zero-order chi connectivity index (χ0) is 12.1. The Kier molecular flexibility index (Phi) is 4.15. The summed E-state index contributed by atoms with van der Waals surface area (Å²) in [5, 5.41) is 4.49. The summed E-state index contributed by atoms with van der Waals surface area (Å²) in [5.74, 6) is 0. The maximum absolute atomic E-state index is 4.50. The highest BCUT2D eigenvalue weighted by Gasteiger charge is 2.07. The van der Waals surface area contributed by atoms with E-state index in [1.807, 2.05) is 19.3 Å². The summed E-state index contributed by atoms with van der Waals surface area (Å²) in [6, 6.07) is 4.17. The van der Waals surface area contributed by atoms with Gasteiger partial charge in [0.2, 0.25) is 0 Å². The number of rotatable bonds is 6. The van der Waals surface area contributed by atoms with Gasteiger partial charge in [0, 0.05) is 30.9 Å². The molecule has 2 heterocycles. The summed E-state index contributed by atoms with van der Waals surface area (Å²) in [4.78, 5) is 4.50. The van der Waals surface area contributed by atoms with E-state index in [4.69, 9.17) is 0 Å². The van der Waals surface area contributed by atoms with Gasteiger partial charge in [0.15, 0.2) is 0 Å². The average molecular weight is 231 g/mol. The highest BCUT2D eigenvalue weighted by Crippen LogP contribution is 2.19. The van der Waals surface area contributed by atoms with Crippen LogP contribution in [-0.2, 0) is 13.1 Å². The Hall–Kier alpha value is -1.35. The van der Waals surface area contributed by atoms with Gasteiger partial charge in [-0.25, -0.2) is 4.98 Å². The molecule has 2 aromatic rings. The molecule has 0 unspecified atom stereocenters. The Bertz CT molecular complexity index is 473. The topological polar surface area (TPSA) is 29.9 Å². The van der Waals surface area contributed by atoms with E-state index in [9.17, 15) is 0 Å². The molecule has 0 atom stereocenters. The van der Waals surface area contributed by atoms with E-state index in [0.717, 1.165) is 18.7 Å². The molecule has 0 amide bonds. The number of nitrogens with one attached hydrogen (secondary N) is 1. The third-order valence-electron chi connectivity index (χ3n) is 3.09. The predicted molar refractivity (Wildman–Crippen MR) is 72.0 cm³/mol. The van der Waals surface area contributed by atoms with E-state index in [1.54, 1.807) is 0 Å². The Balaban J connectivity index is 2.28. The molecule has 0 aliphatic heterocycles. The highest BCUT2D eigenvalue weighted by atomic mass is 15.0. The first-order chi connectivity index (χ1) is 8.36. The normalized spacial score (nSPS) is 11.2. The van der Waals surface area contributed by atoms with Crippen molar-refractivity contribution in [3.05, 3.63) is 30.1 Å². The van der Waals surface area contributed by atoms with E-state index in [0.29, 0.717) is 0 Å². The molecule has 0 bridgehead atoms. The first-order valence-corrected chi connectivity index (χ1v) is 6.44. The van der Waals surface area contributed by atoms with Crippen LogP contribution in [0, 0.1) is 0 Å². The fourth-order valence-corrected chi connectivity index (χ4v) is 2.23. The molecule has 0 spiro atoms. The number of nitrogens with zero attached hydrogens (tertiary/aromatic N) is 2. The molecule has 0 aromatic carbocycles. The van der Waals surface area contributed by atoms with Gasteiger partial charge in [-0.05, 0) is 31.2 Å². The average Bonchev–Trinajstić information content (AvgIpc) is 2.70. The fraction of sp³-hybridized carbons (Fsp3) is 0.500. The standard InChI is InChI=1S/C14H21N3/c1-3-4-5-9-17-11-12(10-15-2)13-7-6-8-16-14(13)17/h6-8,11,15H,3-5,9-10H2,1-2H3. The van der Waals surface area contributed by atoms with Gasteiger partial charge in [-0.1, -0.05) is 19.8 Å². The first-order valence-electron chi connectivity index (χ1n) is 6.44. The lowest BCUT2D eigenvalue weighted by Gasteiger charge is -2.02. The third kappa shape index (κ3) is 2.67. The zero-order valence-corrected chi connectivity index (χ0v) is 10.7. The molecular formula is C14H21N3. The van der Waals surface area contributed by atoms with Crippen LogP contribution in [0.5, 0.6) is 0 Å². The summed E-state index contributed by atoms with van der Waals surface area (Å²) in [6.45, 7) is 4.21. The van der Waals surface area contributed by atoms with Crippen molar-refractivity contribution in [3.63, 3.8) is 0 Å². The van der Waals surface area contributed by atoms with Crippen molar-refractivity contribution in [2.75, 3.05) is 7.05 Å². The van der Waals surface area contributed by atoms with E-state index >= 15 is 0 Å². The van der Waals surface area contributed by atoms with Crippen molar-refractivity contribution in [1.82, 2.24) is 14.9 Å². The van der Waals surface area contributed by atoms with Crippen LogP contribution < -0.4 is 5.32 Å². The van der Waals surface area contributed by atoms with Crippen molar-refractivity contribution in [2.24, 2.45) is 0 Å². The van der Waals surface area contributed by atoms with Crippen molar-refractivity contribution in [2.45, 2.75) is 39.3 Å². The summed E-state index contributed by atoms with van der Waals surface area (Å²) in [5.41, 5.74) is 2.46. The van der Waals surface area contributed by atoms with Crippen LogP contribution in [0.15, 0.2) is 24.5 Å². The second kappa shape index (κ2) is 5.82. The van der Waals surface area contributed by atoms with Crippen LogP contribution >= 0.6 is 0 Å². The number of hydrogen-bond donors (Lipinski definition) is 1. The van der Waals surface area contributed by atoms with Crippen LogP contribution in [0.25, 0.3) is 11.0 Å². The van der Waals surface area contributed by atoms with Gasteiger partial charge in [0.25, 0.3) is 0 Å². The molecule has 2 rings (SSSR count). The number of aromatic nitrogens is 2. The molecule has 0 radical (unpaired) electrons. The van der Waals surface area contributed by atoms with Gasteiger partial charge in [-0.3, -0.25) is 0 Å². The van der Waals surface area contributed by atoms with Crippen molar-refractivity contribution in [1.29, 1.82) is 0 Å².